The summed E-state index contributed by atoms with van der Waals surface area (Å²) in [6.45, 7) is 5.29. The Hall–Kier alpha value is -5.16. The van der Waals surface area contributed by atoms with Gasteiger partial charge in [-0.1, -0.05) is 19.1 Å². The number of pyridine rings is 2. The van der Waals surface area contributed by atoms with Gasteiger partial charge in [-0.25, -0.2) is 14.4 Å². The van der Waals surface area contributed by atoms with E-state index in [9.17, 15) is 9.18 Å². The molecule has 7 rings (SSSR count). The number of halogens is 1. The fourth-order valence-electron chi connectivity index (χ4n) is 5.57. The topological polar surface area (TPSA) is 125 Å². The number of H-pyrrole nitrogens is 2. The van der Waals surface area contributed by atoms with Crippen LogP contribution in [0.25, 0.3) is 56.1 Å². The number of hydrogen-bond donors (Lipinski definition) is 3. The van der Waals surface area contributed by atoms with Gasteiger partial charge < -0.3 is 15.0 Å². The van der Waals surface area contributed by atoms with Crippen LogP contribution in [0.4, 0.5) is 10.1 Å². The lowest BCUT2D eigenvalue weighted by atomic mass is 10.1. The van der Waals surface area contributed by atoms with Gasteiger partial charge >= 0.3 is 0 Å². The second kappa shape index (κ2) is 11.8. The van der Waals surface area contributed by atoms with E-state index < -0.39 is 5.82 Å². The Morgan fingerprint density at radius 1 is 0.977 bits per heavy atom. The van der Waals surface area contributed by atoms with E-state index in [0.29, 0.717) is 58.3 Å². The average Bonchev–Trinajstić information content (AvgIpc) is 3.80. The van der Waals surface area contributed by atoms with E-state index in [1.807, 2.05) is 49.4 Å². The number of nitrogens with zero attached hydrogens (tertiary/aromatic N) is 5. The summed E-state index contributed by atoms with van der Waals surface area (Å²) in [4.78, 5) is 31.9. The molecule has 3 N–H and O–H groups in total. The number of aromatic nitrogens is 6. The maximum Gasteiger partial charge on any atom is 0.224 e. The van der Waals surface area contributed by atoms with Crippen molar-refractivity contribution in [1.29, 1.82) is 0 Å². The van der Waals surface area contributed by atoms with Crippen molar-refractivity contribution in [2.45, 2.75) is 26.2 Å². The molecule has 222 valence electrons. The van der Waals surface area contributed by atoms with E-state index in [4.69, 9.17) is 14.7 Å². The Bertz CT molecular complexity index is 1980. The molecule has 4 aromatic heterocycles. The van der Waals surface area contributed by atoms with Crippen molar-refractivity contribution < 1.29 is 13.9 Å². The second-order valence-corrected chi connectivity index (χ2v) is 10.9. The van der Waals surface area contributed by atoms with Gasteiger partial charge in [0, 0.05) is 42.0 Å². The summed E-state index contributed by atoms with van der Waals surface area (Å²) in [5, 5.41) is 10.5. The van der Waals surface area contributed by atoms with Crippen molar-refractivity contribution in [2.75, 3.05) is 31.6 Å². The molecule has 1 saturated heterocycles. The first-order valence-corrected chi connectivity index (χ1v) is 14.8. The first-order valence-electron chi connectivity index (χ1n) is 14.8. The minimum Gasteiger partial charge on any atom is -0.492 e. The molecule has 44 heavy (non-hydrogen) atoms. The molecule has 1 aliphatic heterocycles. The molecule has 0 spiro atoms. The van der Waals surface area contributed by atoms with E-state index in [0.717, 1.165) is 41.9 Å². The summed E-state index contributed by atoms with van der Waals surface area (Å²) in [7, 11) is 0. The predicted molar refractivity (Wildman–Crippen MR) is 168 cm³/mol. The number of imidazole rings is 1. The normalized spacial score (nSPS) is 13.6. The Balaban J connectivity index is 1.20. The molecule has 0 saturated carbocycles. The predicted octanol–water partition coefficient (Wildman–Crippen LogP) is 6.19. The van der Waals surface area contributed by atoms with Crippen LogP contribution in [0, 0.1) is 5.82 Å². The van der Waals surface area contributed by atoms with Crippen LogP contribution in [0.1, 0.15) is 26.2 Å². The van der Waals surface area contributed by atoms with Gasteiger partial charge in [0.2, 0.25) is 5.91 Å². The molecular formula is C33H31FN8O2. The quantitative estimate of drug-likeness (QED) is 0.183. The van der Waals surface area contributed by atoms with E-state index in [2.05, 4.69) is 30.4 Å². The molecule has 10 nitrogen and oxygen atoms in total. The zero-order valence-electron chi connectivity index (χ0n) is 24.2. The summed E-state index contributed by atoms with van der Waals surface area (Å²) in [5.41, 5.74) is 6.65. The van der Waals surface area contributed by atoms with Gasteiger partial charge in [-0.05, 0) is 68.4 Å². The minimum absolute atomic E-state index is 0.0547. The van der Waals surface area contributed by atoms with Crippen molar-refractivity contribution >= 4 is 33.7 Å². The zero-order chi connectivity index (χ0) is 30.0. The van der Waals surface area contributed by atoms with E-state index in [-0.39, 0.29) is 5.91 Å². The molecule has 1 fully saturated rings. The third-order valence-electron chi connectivity index (χ3n) is 7.82. The summed E-state index contributed by atoms with van der Waals surface area (Å²) in [6, 6.07) is 17.9. The number of amides is 1. The highest BCUT2D eigenvalue weighted by Crippen LogP contribution is 2.33. The molecule has 6 aromatic rings. The van der Waals surface area contributed by atoms with Gasteiger partial charge in [-0.3, -0.25) is 19.8 Å². The third-order valence-corrected chi connectivity index (χ3v) is 7.82. The number of ether oxygens (including phenoxy) is 1. The van der Waals surface area contributed by atoms with Crippen molar-refractivity contribution in [3.05, 3.63) is 72.7 Å². The maximum absolute atomic E-state index is 14.7. The largest absolute Gasteiger partial charge is 0.492 e. The standard InChI is InChI=1S/C33H31FN8O2/c1-2-28(43)36-23-7-5-6-20(17-23)25-8-9-27-31(37-25)32(41-40-27)33-38-26-10-11-35-29(30(26)39-33)21-16-22(34)19-24(18-21)44-15-14-42-12-3-4-13-42/h5-11,16-19H,2-4,12-15H2,1H3,(H,36,43)(H,38,39)(H,40,41). The number of hydrogen-bond acceptors (Lipinski definition) is 7. The maximum atomic E-state index is 14.7. The number of fused-ring (bicyclic) bond motifs is 2. The molecule has 5 heterocycles. The number of anilines is 1. The number of carbonyl (C=O) groups is 1. The smallest absolute Gasteiger partial charge is 0.224 e. The van der Waals surface area contributed by atoms with Gasteiger partial charge in [0.15, 0.2) is 11.5 Å². The first kappa shape index (κ1) is 27.7. The molecule has 0 radical (unpaired) electrons. The summed E-state index contributed by atoms with van der Waals surface area (Å²) in [5.74, 6) is 0.511. The molecule has 0 bridgehead atoms. The average molecular weight is 591 g/mol. The second-order valence-electron chi connectivity index (χ2n) is 10.9. The molecule has 0 atom stereocenters. The van der Waals surface area contributed by atoms with Gasteiger partial charge in [0.25, 0.3) is 0 Å². The van der Waals surface area contributed by atoms with E-state index in [1.165, 1.54) is 25.0 Å². The van der Waals surface area contributed by atoms with Crippen LogP contribution >= 0.6 is 0 Å². The van der Waals surface area contributed by atoms with Gasteiger partial charge in [0.05, 0.1) is 22.4 Å². The van der Waals surface area contributed by atoms with Gasteiger partial charge in [-0.15, -0.1) is 0 Å². The van der Waals surface area contributed by atoms with Crippen LogP contribution in [0.3, 0.4) is 0 Å². The molecule has 1 amide bonds. The lowest BCUT2D eigenvalue weighted by Crippen LogP contribution is -2.25. The number of carbonyl (C=O) groups excluding carboxylic acids is 1. The highest BCUT2D eigenvalue weighted by molar-refractivity contribution is 5.95. The highest BCUT2D eigenvalue weighted by Gasteiger charge is 2.19. The molecule has 11 heteroatoms. The van der Waals surface area contributed by atoms with Crippen LogP contribution in [0.15, 0.2) is 66.9 Å². The Labute approximate surface area is 252 Å². The Kier molecular flexibility index (Phi) is 7.45. The van der Waals surface area contributed by atoms with Crippen molar-refractivity contribution in [2.24, 2.45) is 0 Å². The van der Waals surface area contributed by atoms with Gasteiger partial charge in [-0.2, -0.15) is 5.10 Å². The Morgan fingerprint density at radius 2 is 1.84 bits per heavy atom. The fourth-order valence-corrected chi connectivity index (χ4v) is 5.57. The lowest BCUT2D eigenvalue weighted by molar-refractivity contribution is -0.115. The SMILES string of the molecule is CCC(=O)Nc1cccc(-c2ccc3[nH]nc(-c4nc5c(-c6cc(F)cc(OCCN7CCCC7)c6)nccc5[nH]4)c3n2)c1. The van der Waals surface area contributed by atoms with E-state index in [1.54, 1.807) is 12.3 Å². The molecule has 0 aliphatic carbocycles. The summed E-state index contributed by atoms with van der Waals surface area (Å²) in [6.07, 6.45) is 4.49. The number of likely N-dealkylation sites (tertiary alicyclic amines) is 1. The van der Waals surface area contributed by atoms with Crippen molar-refractivity contribution in [1.82, 2.24) is 35.0 Å². The number of rotatable bonds is 9. The van der Waals surface area contributed by atoms with Crippen molar-refractivity contribution in [3.63, 3.8) is 0 Å². The zero-order valence-corrected chi connectivity index (χ0v) is 24.2. The number of aromatic amines is 2. The molecule has 2 aromatic carbocycles. The third kappa shape index (κ3) is 5.61. The van der Waals surface area contributed by atoms with Crippen LogP contribution < -0.4 is 10.1 Å². The number of benzene rings is 2. The Morgan fingerprint density at radius 3 is 2.70 bits per heavy atom. The molecular weight excluding hydrogens is 559 g/mol. The monoisotopic (exact) mass is 590 g/mol. The minimum atomic E-state index is -0.401. The van der Waals surface area contributed by atoms with Crippen molar-refractivity contribution in [3.8, 4) is 39.8 Å². The highest BCUT2D eigenvalue weighted by atomic mass is 19.1. The first-order chi connectivity index (χ1) is 21.5. The van der Waals surface area contributed by atoms with Gasteiger partial charge in [0.1, 0.15) is 29.2 Å². The molecule has 0 unspecified atom stereocenters. The van der Waals surface area contributed by atoms with Crippen LogP contribution in [0.5, 0.6) is 5.75 Å². The molecule has 1 aliphatic rings. The van der Waals surface area contributed by atoms with Crippen LogP contribution in [0.2, 0.25) is 0 Å². The summed E-state index contributed by atoms with van der Waals surface area (Å²) < 4.78 is 20.7. The van der Waals surface area contributed by atoms with Crippen LogP contribution in [-0.4, -0.2) is 67.2 Å². The fraction of sp³-hybridized carbons (Fsp3) is 0.242. The van der Waals surface area contributed by atoms with Crippen LogP contribution in [-0.2, 0) is 4.79 Å². The summed E-state index contributed by atoms with van der Waals surface area (Å²) >= 11 is 0. The number of nitrogens with one attached hydrogen (secondary N) is 3. The van der Waals surface area contributed by atoms with E-state index >= 15 is 0 Å². The lowest BCUT2D eigenvalue weighted by Gasteiger charge is -2.15.